The molecule has 0 bridgehead atoms. The Morgan fingerprint density at radius 3 is 2.35 bits per heavy atom. The average Bonchev–Trinajstić information content (AvgIpc) is 2.54. The third kappa shape index (κ3) is 4.76. The lowest BCUT2D eigenvalue weighted by molar-refractivity contribution is 0.104. The zero-order chi connectivity index (χ0) is 16.7. The number of phenolic OH excluding ortho intramolecular Hbond substituents is 2. The molecule has 0 saturated carbocycles. The molecule has 0 amide bonds. The molecule has 2 aromatic rings. The first-order chi connectivity index (χ1) is 11.1. The first-order valence-corrected chi connectivity index (χ1v) is 7.67. The Morgan fingerprint density at radius 2 is 1.74 bits per heavy atom. The van der Waals surface area contributed by atoms with Crippen molar-refractivity contribution < 1.29 is 19.7 Å². The highest BCUT2D eigenvalue weighted by Gasteiger charge is 2.12. The van der Waals surface area contributed by atoms with Gasteiger partial charge in [-0.05, 0) is 42.3 Å². The van der Waals surface area contributed by atoms with Crippen LogP contribution in [0.15, 0.2) is 48.5 Å². The summed E-state index contributed by atoms with van der Waals surface area (Å²) in [5.74, 6) is 0.326. The molecule has 0 fully saturated rings. The van der Waals surface area contributed by atoms with Gasteiger partial charge in [0.25, 0.3) is 0 Å². The van der Waals surface area contributed by atoms with Gasteiger partial charge in [-0.2, -0.15) is 0 Å². The largest absolute Gasteiger partial charge is 0.507 e. The molecule has 0 heterocycles. The molecule has 120 valence electrons. The summed E-state index contributed by atoms with van der Waals surface area (Å²) in [7, 11) is 0. The fourth-order valence-corrected chi connectivity index (χ4v) is 2.06. The number of carbonyl (C=O) groups excluding carboxylic acids is 1. The van der Waals surface area contributed by atoms with Crippen LogP contribution < -0.4 is 4.74 Å². The molecule has 0 aliphatic heterocycles. The van der Waals surface area contributed by atoms with Crippen LogP contribution in [0.2, 0.25) is 0 Å². The van der Waals surface area contributed by atoms with Crippen molar-refractivity contribution in [3.8, 4) is 17.2 Å². The van der Waals surface area contributed by atoms with Crippen LogP contribution in [0.25, 0.3) is 6.08 Å². The van der Waals surface area contributed by atoms with Crippen LogP contribution in [0.5, 0.6) is 17.2 Å². The highest BCUT2D eigenvalue weighted by atomic mass is 35.5. The molecule has 2 N–H and O–H groups in total. The summed E-state index contributed by atoms with van der Waals surface area (Å²) in [5.41, 5.74) is 0.697. The summed E-state index contributed by atoms with van der Waals surface area (Å²) in [6, 6.07) is 11.4. The fraction of sp³-hybridized carbons (Fsp3) is 0.167. The number of aromatic hydroxyl groups is 2. The molecule has 2 rings (SSSR count). The Bertz CT molecular complexity index is 672. The van der Waals surface area contributed by atoms with Crippen molar-refractivity contribution in [2.24, 2.45) is 0 Å². The maximum atomic E-state index is 12.1. The number of benzene rings is 2. The van der Waals surface area contributed by atoms with E-state index in [4.69, 9.17) is 16.3 Å². The molecule has 0 unspecified atom stereocenters. The first kappa shape index (κ1) is 16.9. The minimum atomic E-state index is -0.469. The molecule has 0 aliphatic carbocycles. The van der Waals surface area contributed by atoms with Crippen LogP contribution in [0, 0.1) is 0 Å². The van der Waals surface area contributed by atoms with Crippen molar-refractivity contribution in [3.63, 3.8) is 0 Å². The summed E-state index contributed by atoms with van der Waals surface area (Å²) >= 11 is 5.58. The molecule has 0 aliphatic rings. The van der Waals surface area contributed by atoms with E-state index in [2.05, 4.69) is 0 Å². The normalized spacial score (nSPS) is 10.8. The number of carbonyl (C=O) groups is 1. The van der Waals surface area contributed by atoms with Crippen LogP contribution in [-0.4, -0.2) is 28.5 Å². The van der Waals surface area contributed by atoms with E-state index in [1.165, 1.54) is 24.3 Å². The molecule has 0 saturated heterocycles. The number of phenols is 2. The Morgan fingerprint density at radius 1 is 1.09 bits per heavy atom. The second-order valence-corrected chi connectivity index (χ2v) is 5.21. The maximum Gasteiger partial charge on any atom is 0.193 e. The van der Waals surface area contributed by atoms with Gasteiger partial charge in [0.15, 0.2) is 5.78 Å². The van der Waals surface area contributed by atoms with Gasteiger partial charge in [0.05, 0.1) is 6.61 Å². The molecule has 0 spiro atoms. The molecular weight excluding hydrogens is 316 g/mol. The van der Waals surface area contributed by atoms with Crippen molar-refractivity contribution in [1.82, 2.24) is 0 Å². The van der Waals surface area contributed by atoms with E-state index in [1.54, 1.807) is 18.2 Å². The number of ether oxygens (including phenoxy) is 1. The second-order valence-electron chi connectivity index (χ2n) is 4.83. The molecule has 2 aromatic carbocycles. The number of rotatable bonds is 7. The van der Waals surface area contributed by atoms with Crippen LogP contribution in [-0.2, 0) is 0 Å². The lowest BCUT2D eigenvalue weighted by atomic mass is 10.1. The van der Waals surface area contributed by atoms with Gasteiger partial charge in [-0.15, -0.1) is 11.6 Å². The topological polar surface area (TPSA) is 66.8 Å². The Balaban J connectivity index is 2.04. The SMILES string of the molecule is O=C(/C=C/c1ccc(OCCCCl)cc1)c1c(O)cccc1O. The molecule has 4 nitrogen and oxygen atoms in total. The maximum absolute atomic E-state index is 12.1. The Labute approximate surface area is 139 Å². The van der Waals surface area contributed by atoms with Crippen LogP contribution in [0.1, 0.15) is 22.3 Å². The van der Waals surface area contributed by atoms with E-state index < -0.39 is 5.78 Å². The van der Waals surface area contributed by atoms with Crippen LogP contribution >= 0.6 is 11.6 Å². The van der Waals surface area contributed by atoms with E-state index >= 15 is 0 Å². The fourth-order valence-electron chi connectivity index (χ4n) is 1.96. The minimum absolute atomic E-state index is 0.107. The summed E-state index contributed by atoms with van der Waals surface area (Å²) in [6.07, 6.45) is 3.69. The lowest BCUT2D eigenvalue weighted by Crippen LogP contribution is -1.97. The van der Waals surface area contributed by atoms with Crippen molar-refractivity contribution in [1.29, 1.82) is 0 Å². The van der Waals surface area contributed by atoms with Gasteiger partial charge in [-0.1, -0.05) is 24.3 Å². The van der Waals surface area contributed by atoms with Gasteiger partial charge < -0.3 is 14.9 Å². The Kier molecular flexibility index (Phi) is 6.06. The third-order valence-corrected chi connectivity index (χ3v) is 3.39. The molecule has 5 heteroatoms. The monoisotopic (exact) mass is 332 g/mol. The standard InChI is InChI=1S/C18H17ClO4/c19-11-2-12-23-14-8-5-13(6-9-14)7-10-17(22)18-15(20)3-1-4-16(18)21/h1,3-10,20-21H,2,11-12H2/b10-7+. The summed E-state index contributed by atoms with van der Waals surface area (Å²) in [6.45, 7) is 0.559. The van der Waals surface area contributed by atoms with E-state index in [1.807, 2.05) is 12.1 Å². The highest BCUT2D eigenvalue weighted by Crippen LogP contribution is 2.27. The van der Waals surface area contributed by atoms with Crippen LogP contribution in [0.4, 0.5) is 0 Å². The van der Waals surface area contributed by atoms with Crippen molar-refractivity contribution in [2.75, 3.05) is 12.5 Å². The molecule has 23 heavy (non-hydrogen) atoms. The number of halogens is 1. The van der Waals surface area contributed by atoms with Gasteiger partial charge >= 0.3 is 0 Å². The lowest BCUT2D eigenvalue weighted by Gasteiger charge is -2.05. The Hall–Kier alpha value is -2.46. The van der Waals surface area contributed by atoms with E-state index in [0.29, 0.717) is 12.5 Å². The number of hydrogen-bond acceptors (Lipinski definition) is 4. The minimum Gasteiger partial charge on any atom is -0.507 e. The zero-order valence-electron chi connectivity index (χ0n) is 12.4. The smallest absolute Gasteiger partial charge is 0.193 e. The van der Waals surface area contributed by atoms with E-state index in [9.17, 15) is 15.0 Å². The van der Waals surface area contributed by atoms with Crippen molar-refractivity contribution >= 4 is 23.5 Å². The number of allylic oxidation sites excluding steroid dienone is 1. The first-order valence-electron chi connectivity index (χ1n) is 7.14. The predicted molar refractivity (Wildman–Crippen MR) is 90.4 cm³/mol. The number of ketones is 1. The molecular formula is C18H17ClO4. The van der Waals surface area contributed by atoms with Crippen molar-refractivity contribution in [2.45, 2.75) is 6.42 Å². The number of hydrogen-bond donors (Lipinski definition) is 2. The molecule has 0 aromatic heterocycles. The van der Waals surface area contributed by atoms with Crippen molar-refractivity contribution in [3.05, 3.63) is 59.7 Å². The highest BCUT2D eigenvalue weighted by molar-refractivity contribution is 6.17. The second kappa shape index (κ2) is 8.25. The zero-order valence-corrected chi connectivity index (χ0v) is 13.2. The van der Waals surface area contributed by atoms with Gasteiger partial charge in [0, 0.05) is 5.88 Å². The van der Waals surface area contributed by atoms with Gasteiger partial charge in [0.2, 0.25) is 0 Å². The summed E-state index contributed by atoms with van der Waals surface area (Å²) in [5, 5.41) is 19.3. The summed E-state index contributed by atoms with van der Waals surface area (Å²) in [4.78, 5) is 12.1. The third-order valence-electron chi connectivity index (χ3n) is 3.12. The van der Waals surface area contributed by atoms with E-state index in [0.717, 1.165) is 17.7 Å². The van der Waals surface area contributed by atoms with Gasteiger partial charge in [-0.25, -0.2) is 0 Å². The van der Waals surface area contributed by atoms with Crippen LogP contribution in [0.3, 0.4) is 0 Å². The van der Waals surface area contributed by atoms with Gasteiger partial charge in [0.1, 0.15) is 22.8 Å². The quantitative estimate of drug-likeness (QED) is 0.348. The number of alkyl halides is 1. The summed E-state index contributed by atoms with van der Waals surface area (Å²) < 4.78 is 5.49. The van der Waals surface area contributed by atoms with E-state index in [-0.39, 0.29) is 17.1 Å². The molecule has 0 atom stereocenters. The predicted octanol–water partition coefficient (Wildman–Crippen LogP) is 4.00. The average molecular weight is 333 g/mol. The molecule has 0 radical (unpaired) electrons. The van der Waals surface area contributed by atoms with Gasteiger partial charge in [-0.3, -0.25) is 4.79 Å².